The maximum absolute atomic E-state index is 13.2. The van der Waals surface area contributed by atoms with Gasteiger partial charge in [0.05, 0.1) is 5.92 Å². The number of hydrogen-bond donors (Lipinski definition) is 3. The number of amides is 1. The SMILES string of the molecule is Nc1ncc(Cc2ccccc2Cl)s1.O=C(Nc1ncc(Cc2ccccc2Cl)s1)C(c1ccccc1)c1ccccc1.O=C(O)C(c1ccccc1)c1ccccc1. The quantitative estimate of drug-likeness (QED) is 0.119. The number of hydrogen-bond acceptors (Lipinski definition) is 7. The third-order valence-corrected chi connectivity index (χ3v) is 11.5. The first kappa shape index (κ1) is 42.5. The van der Waals surface area contributed by atoms with E-state index in [9.17, 15) is 14.7 Å². The Balaban J connectivity index is 0.000000164. The number of carboxylic acids is 1. The van der Waals surface area contributed by atoms with Gasteiger partial charge in [0, 0.05) is 45.0 Å². The van der Waals surface area contributed by atoms with Crippen LogP contribution in [-0.2, 0) is 22.4 Å². The van der Waals surface area contributed by atoms with E-state index in [1.165, 1.54) is 22.7 Å². The lowest BCUT2D eigenvalue weighted by Gasteiger charge is -2.17. The third-order valence-electron chi connectivity index (χ3n) is 9.04. The van der Waals surface area contributed by atoms with Gasteiger partial charge in [-0.15, -0.1) is 22.7 Å². The molecular formula is C48H40Cl2N4O3S2. The fourth-order valence-corrected chi connectivity index (χ4v) is 8.19. The fraction of sp³-hybridized carbons (Fsp3) is 0.0833. The van der Waals surface area contributed by atoms with E-state index in [0.29, 0.717) is 16.7 Å². The predicted octanol–water partition coefficient (Wildman–Crippen LogP) is 12.0. The van der Waals surface area contributed by atoms with Crippen molar-refractivity contribution in [1.29, 1.82) is 0 Å². The van der Waals surface area contributed by atoms with Crippen molar-refractivity contribution >= 4 is 68.0 Å². The Kier molecular flexibility index (Phi) is 15.6. The summed E-state index contributed by atoms with van der Waals surface area (Å²) in [6, 6.07) is 53.7. The number of aliphatic carboxylic acids is 1. The minimum atomic E-state index is -0.822. The molecule has 0 radical (unpaired) electrons. The maximum atomic E-state index is 13.2. The van der Waals surface area contributed by atoms with Crippen molar-refractivity contribution in [2.75, 3.05) is 11.1 Å². The summed E-state index contributed by atoms with van der Waals surface area (Å²) in [6.07, 6.45) is 5.08. The van der Waals surface area contributed by atoms with Crippen molar-refractivity contribution in [3.63, 3.8) is 0 Å². The zero-order valence-electron chi connectivity index (χ0n) is 31.7. The first-order chi connectivity index (χ1) is 28.7. The number of thiazole rings is 2. The largest absolute Gasteiger partial charge is 0.481 e. The lowest BCUT2D eigenvalue weighted by atomic mass is 9.90. The number of nitrogens with zero attached hydrogens (tertiary/aromatic N) is 2. The summed E-state index contributed by atoms with van der Waals surface area (Å²) in [6.45, 7) is 0. The lowest BCUT2D eigenvalue weighted by Crippen LogP contribution is -2.22. The van der Waals surface area contributed by atoms with Gasteiger partial charge in [0.15, 0.2) is 10.3 Å². The van der Waals surface area contributed by atoms with Gasteiger partial charge in [-0.1, -0.05) is 181 Å². The second-order valence-electron chi connectivity index (χ2n) is 13.2. The van der Waals surface area contributed by atoms with E-state index in [0.717, 1.165) is 59.6 Å². The van der Waals surface area contributed by atoms with Gasteiger partial charge < -0.3 is 16.2 Å². The molecule has 0 bridgehead atoms. The first-order valence-corrected chi connectivity index (χ1v) is 21.0. The molecule has 8 rings (SSSR count). The number of rotatable bonds is 11. The average Bonchev–Trinajstić information content (AvgIpc) is 3.89. The van der Waals surface area contributed by atoms with Gasteiger partial charge >= 0.3 is 5.97 Å². The Hall–Kier alpha value is -6.10. The van der Waals surface area contributed by atoms with E-state index < -0.39 is 17.8 Å². The molecule has 2 aromatic heterocycles. The van der Waals surface area contributed by atoms with Gasteiger partial charge in [-0.05, 0) is 45.5 Å². The number of nitrogens with one attached hydrogen (secondary N) is 1. The monoisotopic (exact) mass is 854 g/mol. The molecule has 0 saturated heterocycles. The topological polar surface area (TPSA) is 118 Å². The van der Waals surface area contributed by atoms with E-state index in [4.69, 9.17) is 28.9 Å². The zero-order chi connectivity index (χ0) is 41.4. The number of halogens is 2. The minimum Gasteiger partial charge on any atom is -0.481 e. The summed E-state index contributed by atoms with van der Waals surface area (Å²) >= 11 is 15.3. The van der Waals surface area contributed by atoms with Crippen LogP contribution in [0.15, 0.2) is 182 Å². The van der Waals surface area contributed by atoms with Crippen LogP contribution >= 0.6 is 45.9 Å². The van der Waals surface area contributed by atoms with Gasteiger partial charge in [-0.3, -0.25) is 9.59 Å². The Bertz CT molecular complexity index is 2460. The molecule has 0 fully saturated rings. The Morgan fingerprint density at radius 3 is 1.31 bits per heavy atom. The molecule has 1 amide bonds. The molecule has 2 heterocycles. The summed E-state index contributed by atoms with van der Waals surface area (Å²) in [4.78, 5) is 35.0. The number of nitrogen functional groups attached to an aromatic ring is 1. The first-order valence-electron chi connectivity index (χ1n) is 18.6. The molecular weight excluding hydrogens is 816 g/mol. The maximum Gasteiger partial charge on any atom is 0.315 e. The summed E-state index contributed by atoms with van der Waals surface area (Å²) in [5.74, 6) is -1.89. The number of carbonyl (C=O) groups is 2. The molecule has 0 aliphatic carbocycles. The van der Waals surface area contributed by atoms with Crippen LogP contribution in [0, 0.1) is 0 Å². The van der Waals surface area contributed by atoms with E-state index in [2.05, 4.69) is 15.3 Å². The number of benzene rings is 6. The van der Waals surface area contributed by atoms with Crippen molar-refractivity contribution in [2.24, 2.45) is 0 Å². The molecule has 296 valence electrons. The van der Waals surface area contributed by atoms with Crippen LogP contribution in [0.5, 0.6) is 0 Å². The standard InChI is InChI=1S/C24H19ClN2OS.C14H12O2.C10H9ClN2S/c25-21-14-8-7-13-19(21)15-20-16-26-24(29-20)27-23(28)22(17-9-3-1-4-10-17)18-11-5-2-6-12-18;15-14(16)13(11-7-3-1-4-8-11)12-9-5-2-6-10-12;11-9-4-2-1-3-7(9)5-8-6-13-10(12)14-8/h1-14,16,22H,15H2,(H,26,27,28);1-10,13H,(H,15,16);1-4,6H,5H2,(H2,12,13). The van der Waals surface area contributed by atoms with Gasteiger partial charge in [-0.2, -0.15) is 0 Å². The van der Waals surface area contributed by atoms with E-state index in [1.807, 2.05) is 170 Å². The lowest BCUT2D eigenvalue weighted by molar-refractivity contribution is -0.137. The number of carbonyl (C=O) groups excluding carboxylic acids is 1. The highest BCUT2D eigenvalue weighted by molar-refractivity contribution is 7.15. The number of aromatic nitrogens is 2. The molecule has 0 unspecified atom stereocenters. The highest BCUT2D eigenvalue weighted by atomic mass is 35.5. The normalized spacial score (nSPS) is 10.6. The number of carboxylic acid groups (broad SMARTS) is 1. The summed E-state index contributed by atoms with van der Waals surface area (Å²) in [5.41, 5.74) is 11.2. The van der Waals surface area contributed by atoms with Crippen molar-refractivity contribution < 1.29 is 14.7 Å². The minimum absolute atomic E-state index is 0.0963. The van der Waals surface area contributed by atoms with Crippen LogP contribution in [0.25, 0.3) is 0 Å². The Morgan fingerprint density at radius 2 is 0.915 bits per heavy atom. The van der Waals surface area contributed by atoms with Crippen LogP contribution < -0.4 is 11.1 Å². The van der Waals surface area contributed by atoms with Crippen LogP contribution in [0.4, 0.5) is 10.3 Å². The molecule has 0 spiro atoms. The molecule has 4 N–H and O–H groups in total. The van der Waals surface area contributed by atoms with Crippen LogP contribution in [0.1, 0.15) is 55.0 Å². The van der Waals surface area contributed by atoms with E-state index in [-0.39, 0.29) is 5.91 Å². The second kappa shape index (κ2) is 21.6. The van der Waals surface area contributed by atoms with Crippen LogP contribution in [0.3, 0.4) is 0 Å². The molecule has 0 atom stereocenters. The number of anilines is 2. The Labute approximate surface area is 361 Å². The van der Waals surface area contributed by atoms with Gasteiger partial charge in [0.25, 0.3) is 0 Å². The molecule has 0 aliphatic rings. The highest BCUT2D eigenvalue weighted by Crippen LogP contribution is 2.30. The molecule has 8 aromatic rings. The summed E-state index contributed by atoms with van der Waals surface area (Å²) in [7, 11) is 0. The molecule has 0 aliphatic heterocycles. The van der Waals surface area contributed by atoms with Gasteiger partial charge in [-0.25, -0.2) is 9.97 Å². The van der Waals surface area contributed by atoms with E-state index in [1.54, 1.807) is 12.4 Å². The highest BCUT2D eigenvalue weighted by Gasteiger charge is 2.24. The zero-order valence-corrected chi connectivity index (χ0v) is 34.8. The average molecular weight is 856 g/mol. The van der Waals surface area contributed by atoms with Crippen molar-refractivity contribution in [2.45, 2.75) is 24.7 Å². The molecule has 11 heteroatoms. The van der Waals surface area contributed by atoms with Crippen LogP contribution in [0.2, 0.25) is 10.0 Å². The molecule has 7 nitrogen and oxygen atoms in total. The van der Waals surface area contributed by atoms with Crippen molar-refractivity contribution in [3.05, 3.63) is 235 Å². The van der Waals surface area contributed by atoms with Gasteiger partial charge in [0.1, 0.15) is 5.92 Å². The van der Waals surface area contributed by atoms with E-state index >= 15 is 0 Å². The third kappa shape index (κ3) is 12.4. The molecule has 59 heavy (non-hydrogen) atoms. The Morgan fingerprint density at radius 1 is 0.542 bits per heavy atom. The second-order valence-corrected chi connectivity index (χ2v) is 16.2. The number of nitrogens with two attached hydrogens (primary N) is 1. The summed E-state index contributed by atoms with van der Waals surface area (Å²) in [5, 5.41) is 15.0. The van der Waals surface area contributed by atoms with Gasteiger partial charge in [0.2, 0.25) is 5.91 Å². The predicted molar refractivity (Wildman–Crippen MR) is 243 cm³/mol. The van der Waals surface area contributed by atoms with Crippen LogP contribution in [-0.4, -0.2) is 27.0 Å². The molecule has 6 aromatic carbocycles. The smallest absolute Gasteiger partial charge is 0.315 e. The summed E-state index contributed by atoms with van der Waals surface area (Å²) < 4.78 is 0. The van der Waals surface area contributed by atoms with Crippen molar-refractivity contribution in [1.82, 2.24) is 9.97 Å². The molecule has 0 saturated carbocycles. The van der Waals surface area contributed by atoms with Crippen molar-refractivity contribution in [3.8, 4) is 0 Å². The fourth-order valence-electron chi connectivity index (χ4n) is 6.24.